The highest BCUT2D eigenvalue weighted by molar-refractivity contribution is 6.32. The first kappa shape index (κ1) is 22.8. The van der Waals surface area contributed by atoms with E-state index in [0.717, 1.165) is 6.07 Å². The van der Waals surface area contributed by atoms with Crippen molar-refractivity contribution in [1.82, 2.24) is 5.43 Å². The van der Waals surface area contributed by atoms with E-state index in [2.05, 4.69) is 10.5 Å². The number of ether oxygens (including phenoxy) is 2. The summed E-state index contributed by atoms with van der Waals surface area (Å²) in [7, 11) is 0. The third kappa shape index (κ3) is 7.17. The number of nitro benzene ring substituents is 1. The van der Waals surface area contributed by atoms with Crippen LogP contribution in [0.15, 0.2) is 47.6 Å². The van der Waals surface area contributed by atoms with Crippen molar-refractivity contribution in [3.63, 3.8) is 0 Å². The third-order valence-corrected chi connectivity index (χ3v) is 3.76. The van der Waals surface area contributed by atoms with E-state index in [1.54, 1.807) is 45.0 Å². The molecule has 1 N–H and O–H groups in total. The summed E-state index contributed by atoms with van der Waals surface area (Å²) in [5, 5.41) is 14.6. The van der Waals surface area contributed by atoms with Gasteiger partial charge in [-0.25, -0.2) is 10.2 Å². The number of esters is 1. The normalized spacial score (nSPS) is 11.2. The second kappa shape index (κ2) is 9.84. The maximum atomic E-state index is 12.1. The third-order valence-electron chi connectivity index (χ3n) is 3.44. The predicted molar refractivity (Wildman–Crippen MR) is 111 cm³/mol. The lowest BCUT2D eigenvalue weighted by atomic mass is 10.2. The highest BCUT2D eigenvalue weighted by Crippen LogP contribution is 2.25. The van der Waals surface area contributed by atoms with E-state index in [1.807, 2.05) is 0 Å². The summed E-state index contributed by atoms with van der Waals surface area (Å²) in [6, 6.07) is 10.3. The number of halogens is 1. The summed E-state index contributed by atoms with van der Waals surface area (Å²) in [4.78, 5) is 33.9. The summed E-state index contributed by atoms with van der Waals surface area (Å²) in [6.07, 6.45) is 1.39. The van der Waals surface area contributed by atoms with E-state index in [4.69, 9.17) is 21.1 Å². The van der Waals surface area contributed by atoms with Crippen LogP contribution in [0.25, 0.3) is 0 Å². The van der Waals surface area contributed by atoms with Gasteiger partial charge in [0.15, 0.2) is 6.61 Å². The van der Waals surface area contributed by atoms with Gasteiger partial charge in [0.25, 0.3) is 11.6 Å². The van der Waals surface area contributed by atoms with Crippen LogP contribution in [-0.4, -0.2) is 35.2 Å². The van der Waals surface area contributed by atoms with Crippen molar-refractivity contribution in [2.75, 3.05) is 6.61 Å². The molecule has 2 aromatic carbocycles. The summed E-state index contributed by atoms with van der Waals surface area (Å²) < 4.78 is 10.5. The molecule has 0 bridgehead atoms. The van der Waals surface area contributed by atoms with E-state index >= 15 is 0 Å². The van der Waals surface area contributed by atoms with Crippen LogP contribution in [0.1, 0.15) is 36.7 Å². The summed E-state index contributed by atoms with van der Waals surface area (Å²) in [5.41, 5.74) is 2.04. The van der Waals surface area contributed by atoms with Crippen molar-refractivity contribution in [1.29, 1.82) is 0 Å². The van der Waals surface area contributed by atoms with Crippen LogP contribution in [-0.2, 0) is 9.53 Å². The fraction of sp³-hybridized carbons (Fsp3) is 0.250. The highest BCUT2D eigenvalue weighted by Gasteiger charge is 2.17. The van der Waals surface area contributed by atoms with Crippen LogP contribution in [0.3, 0.4) is 0 Å². The molecule has 0 spiro atoms. The largest absolute Gasteiger partial charge is 0.482 e. The minimum absolute atomic E-state index is 0.0501. The molecule has 158 valence electrons. The zero-order chi connectivity index (χ0) is 22.3. The van der Waals surface area contributed by atoms with E-state index in [-0.39, 0.29) is 22.9 Å². The number of nitro groups is 1. The van der Waals surface area contributed by atoms with Gasteiger partial charge >= 0.3 is 5.97 Å². The second-order valence-corrected chi connectivity index (χ2v) is 7.47. The minimum Gasteiger partial charge on any atom is -0.482 e. The molecule has 0 aliphatic rings. The first-order chi connectivity index (χ1) is 14.0. The maximum absolute atomic E-state index is 12.1. The molecule has 2 rings (SSSR count). The number of carbonyl (C=O) groups excluding carboxylic acids is 2. The summed E-state index contributed by atoms with van der Waals surface area (Å²) in [6.45, 7) is 5.10. The van der Waals surface area contributed by atoms with Crippen molar-refractivity contribution in [2.24, 2.45) is 5.10 Å². The monoisotopic (exact) mass is 433 g/mol. The van der Waals surface area contributed by atoms with Gasteiger partial charge < -0.3 is 9.47 Å². The molecule has 0 saturated carbocycles. The number of nitrogens with zero attached hydrogens (tertiary/aromatic N) is 2. The van der Waals surface area contributed by atoms with Crippen molar-refractivity contribution < 1.29 is 24.0 Å². The Morgan fingerprint density at radius 2 is 1.87 bits per heavy atom. The SMILES string of the molecule is CC(C)(C)OC(=O)COc1ccc(/C=N\NC(=O)c2ccc(Cl)c([N+](=O)[O-])c2)cc1. The average molecular weight is 434 g/mol. The Morgan fingerprint density at radius 1 is 1.20 bits per heavy atom. The van der Waals surface area contributed by atoms with E-state index in [0.29, 0.717) is 11.3 Å². The van der Waals surface area contributed by atoms with Gasteiger partial charge in [-0.1, -0.05) is 11.6 Å². The Balaban J connectivity index is 1.90. The van der Waals surface area contributed by atoms with Gasteiger partial charge in [0.2, 0.25) is 0 Å². The van der Waals surface area contributed by atoms with Crippen LogP contribution >= 0.6 is 11.6 Å². The molecule has 0 aliphatic carbocycles. The van der Waals surface area contributed by atoms with E-state index < -0.39 is 22.4 Å². The molecule has 0 unspecified atom stereocenters. The molecule has 0 saturated heterocycles. The first-order valence-electron chi connectivity index (χ1n) is 8.77. The van der Waals surface area contributed by atoms with Gasteiger partial charge in [-0.05, 0) is 62.7 Å². The lowest BCUT2D eigenvalue weighted by Crippen LogP contribution is -2.27. The Hall–Kier alpha value is -3.46. The van der Waals surface area contributed by atoms with Gasteiger partial charge in [0.05, 0.1) is 11.1 Å². The molecule has 0 aliphatic heterocycles. The van der Waals surface area contributed by atoms with Gasteiger partial charge in [0.1, 0.15) is 16.4 Å². The number of carbonyl (C=O) groups is 2. The summed E-state index contributed by atoms with van der Waals surface area (Å²) >= 11 is 5.72. The van der Waals surface area contributed by atoms with Gasteiger partial charge in [-0.3, -0.25) is 14.9 Å². The molecular formula is C20H20ClN3O6. The number of rotatable bonds is 7. The lowest BCUT2D eigenvalue weighted by Gasteiger charge is -2.19. The molecule has 9 nitrogen and oxygen atoms in total. The molecule has 0 fully saturated rings. The minimum atomic E-state index is -0.672. The fourth-order valence-corrected chi connectivity index (χ4v) is 2.37. The number of hydrazone groups is 1. The number of benzene rings is 2. The van der Waals surface area contributed by atoms with Crippen molar-refractivity contribution in [3.05, 3.63) is 68.7 Å². The van der Waals surface area contributed by atoms with Crippen molar-refractivity contribution in [2.45, 2.75) is 26.4 Å². The topological polar surface area (TPSA) is 120 Å². The zero-order valence-electron chi connectivity index (χ0n) is 16.5. The quantitative estimate of drug-likeness (QED) is 0.307. The van der Waals surface area contributed by atoms with Crippen LogP contribution in [0, 0.1) is 10.1 Å². The number of nitrogens with one attached hydrogen (secondary N) is 1. The van der Waals surface area contributed by atoms with E-state index in [1.165, 1.54) is 18.3 Å². The van der Waals surface area contributed by atoms with Crippen LogP contribution in [0.5, 0.6) is 5.75 Å². The maximum Gasteiger partial charge on any atom is 0.344 e. The Kier molecular flexibility index (Phi) is 7.48. The predicted octanol–water partition coefficient (Wildman–Crippen LogP) is 3.73. The standard InChI is InChI=1S/C20H20ClN3O6/c1-20(2,3)30-18(25)12-29-15-7-4-13(5-8-15)11-22-23-19(26)14-6-9-16(21)17(10-14)24(27)28/h4-11H,12H2,1-3H3,(H,23,26)/b22-11-. The van der Waals surface area contributed by atoms with E-state index in [9.17, 15) is 19.7 Å². The Morgan fingerprint density at radius 3 is 2.47 bits per heavy atom. The average Bonchev–Trinajstić information content (AvgIpc) is 2.66. The molecule has 10 heteroatoms. The molecule has 30 heavy (non-hydrogen) atoms. The number of hydrogen-bond donors (Lipinski definition) is 1. The molecule has 1 amide bonds. The zero-order valence-corrected chi connectivity index (χ0v) is 17.3. The molecule has 2 aromatic rings. The first-order valence-corrected chi connectivity index (χ1v) is 9.15. The van der Waals surface area contributed by atoms with Crippen LogP contribution < -0.4 is 10.2 Å². The molecule has 0 aromatic heterocycles. The molecule has 0 heterocycles. The second-order valence-electron chi connectivity index (χ2n) is 7.07. The fourth-order valence-electron chi connectivity index (χ4n) is 2.19. The summed E-state index contributed by atoms with van der Waals surface area (Å²) in [5.74, 6) is -0.628. The molecular weight excluding hydrogens is 414 g/mol. The van der Waals surface area contributed by atoms with Gasteiger partial charge in [0, 0.05) is 11.6 Å². The van der Waals surface area contributed by atoms with Crippen LogP contribution in [0.4, 0.5) is 5.69 Å². The number of amides is 1. The smallest absolute Gasteiger partial charge is 0.344 e. The molecule has 0 radical (unpaired) electrons. The van der Waals surface area contributed by atoms with Crippen LogP contribution in [0.2, 0.25) is 5.02 Å². The number of hydrogen-bond acceptors (Lipinski definition) is 7. The van der Waals surface area contributed by atoms with Crippen molar-refractivity contribution in [3.8, 4) is 5.75 Å². The Bertz CT molecular complexity index is 967. The Labute approximate surface area is 177 Å². The lowest BCUT2D eigenvalue weighted by molar-refractivity contribution is -0.384. The highest BCUT2D eigenvalue weighted by atomic mass is 35.5. The van der Waals surface area contributed by atoms with Crippen molar-refractivity contribution >= 4 is 35.4 Å². The molecule has 0 atom stereocenters. The van der Waals surface area contributed by atoms with Gasteiger partial charge in [-0.2, -0.15) is 5.10 Å². The van der Waals surface area contributed by atoms with Gasteiger partial charge in [-0.15, -0.1) is 0 Å².